The van der Waals surface area contributed by atoms with E-state index in [2.05, 4.69) is 10.3 Å². The van der Waals surface area contributed by atoms with Crippen molar-refractivity contribution in [2.45, 2.75) is 50.2 Å². The highest BCUT2D eigenvalue weighted by Gasteiger charge is 2.32. The van der Waals surface area contributed by atoms with Crippen LogP contribution in [0.5, 0.6) is 0 Å². The minimum atomic E-state index is -0.807. The van der Waals surface area contributed by atoms with Gasteiger partial charge in [0.1, 0.15) is 5.60 Å². The molecule has 0 bridgehead atoms. The van der Waals surface area contributed by atoms with E-state index in [4.69, 9.17) is 10.5 Å². The van der Waals surface area contributed by atoms with Crippen molar-refractivity contribution in [1.29, 1.82) is 0 Å². The zero-order valence-corrected chi connectivity index (χ0v) is 10.3. The molecule has 1 saturated carbocycles. The summed E-state index contributed by atoms with van der Waals surface area (Å²) in [6.45, 7) is 1.31. The van der Waals surface area contributed by atoms with Gasteiger partial charge in [0.2, 0.25) is 0 Å². The molecule has 1 atom stereocenters. The molecule has 0 aromatic rings. The predicted octanol–water partition coefficient (Wildman–Crippen LogP) is 0.375. The second-order valence-corrected chi connectivity index (χ2v) is 5.21. The number of aliphatic hydroxyl groups is 1. The van der Waals surface area contributed by atoms with Crippen LogP contribution in [0.15, 0.2) is 4.99 Å². The lowest BCUT2D eigenvalue weighted by Crippen LogP contribution is -2.42. The Morgan fingerprint density at radius 2 is 2.18 bits per heavy atom. The zero-order chi connectivity index (χ0) is 12.1. The van der Waals surface area contributed by atoms with Crippen LogP contribution in [0.2, 0.25) is 0 Å². The Labute approximate surface area is 102 Å². The van der Waals surface area contributed by atoms with Gasteiger partial charge in [-0.2, -0.15) is 0 Å². The lowest BCUT2D eigenvalue weighted by Gasteiger charge is -2.24. The largest absolute Gasteiger partial charge is 0.385 e. The molecule has 1 unspecified atom stereocenters. The molecule has 0 aromatic heterocycles. The lowest BCUT2D eigenvalue weighted by atomic mass is 9.96. The van der Waals surface area contributed by atoms with Gasteiger partial charge in [-0.25, -0.2) is 0 Å². The minimum Gasteiger partial charge on any atom is -0.385 e. The van der Waals surface area contributed by atoms with Crippen LogP contribution in [-0.2, 0) is 4.74 Å². The first-order chi connectivity index (χ1) is 8.18. The van der Waals surface area contributed by atoms with E-state index >= 15 is 0 Å². The molecule has 17 heavy (non-hydrogen) atoms. The van der Waals surface area contributed by atoms with Crippen molar-refractivity contribution in [3.05, 3.63) is 0 Å². The summed E-state index contributed by atoms with van der Waals surface area (Å²) >= 11 is 0. The molecule has 2 fully saturated rings. The Balaban J connectivity index is 1.76. The number of hydrogen-bond donors (Lipinski definition) is 3. The molecule has 5 nitrogen and oxygen atoms in total. The second kappa shape index (κ2) is 5.69. The lowest BCUT2D eigenvalue weighted by molar-refractivity contribution is 0.0349. The van der Waals surface area contributed by atoms with Crippen molar-refractivity contribution in [2.24, 2.45) is 10.7 Å². The summed E-state index contributed by atoms with van der Waals surface area (Å²) in [5.41, 5.74) is 5.02. The summed E-state index contributed by atoms with van der Waals surface area (Å²) in [5, 5.41) is 13.3. The van der Waals surface area contributed by atoms with Crippen molar-refractivity contribution in [1.82, 2.24) is 5.32 Å². The third-order valence-corrected chi connectivity index (χ3v) is 3.58. The Morgan fingerprint density at radius 3 is 2.82 bits per heavy atom. The number of rotatable bonds is 3. The molecule has 0 amide bonds. The number of nitrogens with two attached hydrogens (primary N) is 1. The number of aliphatic imine (C=N–C) groups is 1. The summed E-state index contributed by atoms with van der Waals surface area (Å²) in [5.74, 6) is 0.456. The van der Waals surface area contributed by atoms with E-state index in [9.17, 15) is 5.11 Å². The molecule has 0 radical (unpaired) electrons. The van der Waals surface area contributed by atoms with E-state index in [0.717, 1.165) is 0 Å². The third-order valence-electron chi connectivity index (χ3n) is 3.58. The topological polar surface area (TPSA) is 79.9 Å². The molecule has 1 aliphatic heterocycles. The average Bonchev–Trinajstić information content (AvgIpc) is 2.76. The van der Waals surface area contributed by atoms with E-state index in [1.165, 1.54) is 32.1 Å². The summed E-state index contributed by atoms with van der Waals surface area (Å²) in [4.78, 5) is 4.23. The fourth-order valence-corrected chi connectivity index (χ4v) is 2.46. The van der Waals surface area contributed by atoms with Gasteiger partial charge in [0.15, 0.2) is 5.96 Å². The van der Waals surface area contributed by atoms with Crippen LogP contribution in [0.25, 0.3) is 0 Å². The molecule has 2 rings (SSSR count). The first kappa shape index (κ1) is 12.6. The van der Waals surface area contributed by atoms with Gasteiger partial charge in [-0.3, -0.25) is 4.99 Å². The zero-order valence-electron chi connectivity index (χ0n) is 10.3. The second-order valence-electron chi connectivity index (χ2n) is 5.21. The number of nitrogens with one attached hydrogen (secondary N) is 1. The van der Waals surface area contributed by atoms with Gasteiger partial charge in [0.25, 0.3) is 0 Å². The standard InChI is InChI=1S/C12H23N3O2/c13-11(15-10-4-2-1-3-5-10)14-8-12(16)6-7-17-9-12/h10,16H,1-9H2,(H3,13,14,15). The van der Waals surface area contributed by atoms with E-state index in [1.54, 1.807) is 0 Å². The number of guanidine groups is 1. The van der Waals surface area contributed by atoms with Crippen LogP contribution in [-0.4, -0.2) is 42.5 Å². The Bertz CT molecular complexity index is 269. The number of nitrogens with zero attached hydrogens (tertiary/aromatic N) is 1. The van der Waals surface area contributed by atoms with Crippen molar-refractivity contribution < 1.29 is 9.84 Å². The first-order valence-electron chi connectivity index (χ1n) is 6.55. The summed E-state index contributed by atoms with van der Waals surface area (Å²) in [7, 11) is 0. The van der Waals surface area contributed by atoms with Gasteiger partial charge in [-0.05, 0) is 12.8 Å². The van der Waals surface area contributed by atoms with Crippen molar-refractivity contribution in [3.8, 4) is 0 Å². The van der Waals surface area contributed by atoms with Gasteiger partial charge in [-0.15, -0.1) is 0 Å². The maximum Gasteiger partial charge on any atom is 0.188 e. The maximum absolute atomic E-state index is 10.0. The molecule has 5 heteroatoms. The molecule has 98 valence electrons. The molecule has 1 heterocycles. The maximum atomic E-state index is 10.0. The fraction of sp³-hybridized carbons (Fsp3) is 0.917. The highest BCUT2D eigenvalue weighted by atomic mass is 16.5. The summed E-state index contributed by atoms with van der Waals surface area (Å²) < 4.78 is 5.16. The SMILES string of the molecule is NC(=NCC1(O)CCOC1)NC1CCCCC1. The summed E-state index contributed by atoms with van der Waals surface area (Å²) in [6, 6.07) is 0.460. The Kier molecular flexibility index (Phi) is 4.23. The number of hydrogen-bond acceptors (Lipinski definition) is 3. The third kappa shape index (κ3) is 3.85. The van der Waals surface area contributed by atoms with Crippen LogP contribution >= 0.6 is 0 Å². The molecular weight excluding hydrogens is 218 g/mol. The minimum absolute atomic E-state index is 0.332. The normalized spacial score (nSPS) is 31.7. The van der Waals surface area contributed by atoms with Gasteiger partial charge >= 0.3 is 0 Å². The van der Waals surface area contributed by atoms with Crippen LogP contribution in [0.1, 0.15) is 38.5 Å². The average molecular weight is 241 g/mol. The van der Waals surface area contributed by atoms with Crippen molar-refractivity contribution in [3.63, 3.8) is 0 Å². The Morgan fingerprint density at radius 1 is 1.41 bits per heavy atom. The van der Waals surface area contributed by atoms with Gasteiger partial charge in [0, 0.05) is 19.1 Å². The quantitative estimate of drug-likeness (QED) is 0.493. The van der Waals surface area contributed by atoms with Crippen molar-refractivity contribution in [2.75, 3.05) is 19.8 Å². The van der Waals surface area contributed by atoms with E-state index < -0.39 is 5.60 Å². The highest BCUT2D eigenvalue weighted by molar-refractivity contribution is 5.78. The fourth-order valence-electron chi connectivity index (χ4n) is 2.46. The molecular formula is C12H23N3O2. The van der Waals surface area contributed by atoms with E-state index in [-0.39, 0.29) is 0 Å². The number of ether oxygens (including phenoxy) is 1. The van der Waals surface area contributed by atoms with Gasteiger partial charge in [0.05, 0.1) is 13.2 Å². The van der Waals surface area contributed by atoms with Crippen LogP contribution in [0, 0.1) is 0 Å². The predicted molar refractivity (Wildman–Crippen MR) is 66.9 cm³/mol. The highest BCUT2D eigenvalue weighted by Crippen LogP contribution is 2.19. The molecule has 0 aromatic carbocycles. The van der Waals surface area contributed by atoms with E-state index in [0.29, 0.717) is 38.2 Å². The van der Waals surface area contributed by atoms with Gasteiger partial charge < -0.3 is 20.9 Å². The van der Waals surface area contributed by atoms with Crippen LogP contribution in [0.4, 0.5) is 0 Å². The summed E-state index contributed by atoms with van der Waals surface area (Å²) in [6.07, 6.45) is 6.85. The molecule has 4 N–H and O–H groups in total. The first-order valence-corrected chi connectivity index (χ1v) is 6.55. The molecule has 1 aliphatic carbocycles. The smallest absolute Gasteiger partial charge is 0.188 e. The molecule has 2 aliphatic rings. The monoisotopic (exact) mass is 241 g/mol. The molecule has 0 spiro atoms. The van der Waals surface area contributed by atoms with Gasteiger partial charge in [-0.1, -0.05) is 19.3 Å². The van der Waals surface area contributed by atoms with E-state index in [1.807, 2.05) is 0 Å². The van der Waals surface area contributed by atoms with Crippen LogP contribution < -0.4 is 11.1 Å². The van der Waals surface area contributed by atoms with Crippen LogP contribution in [0.3, 0.4) is 0 Å². The molecule has 1 saturated heterocycles. The Hall–Kier alpha value is -0.810. The van der Waals surface area contributed by atoms with Crippen molar-refractivity contribution >= 4 is 5.96 Å².